The van der Waals surface area contributed by atoms with Gasteiger partial charge in [-0.05, 0) is 55.3 Å². The van der Waals surface area contributed by atoms with Gasteiger partial charge in [0.1, 0.15) is 11.8 Å². The third-order valence-corrected chi connectivity index (χ3v) is 5.69. The maximum atomic E-state index is 13.5. The normalized spacial score (nSPS) is 14.6. The van der Waals surface area contributed by atoms with Gasteiger partial charge in [0.05, 0.1) is 6.61 Å². The fourth-order valence-corrected chi connectivity index (χ4v) is 3.75. The first-order valence-electron chi connectivity index (χ1n) is 11.3. The molecule has 0 saturated carbocycles. The van der Waals surface area contributed by atoms with Gasteiger partial charge in [0, 0.05) is 37.3 Å². The number of nitrogens with zero attached hydrogens (tertiary/aromatic N) is 2. The number of nitrogens with one attached hydrogen (secondary N) is 1. The monoisotopic (exact) mass is 473 g/mol. The lowest BCUT2D eigenvalue weighted by Crippen LogP contribution is -2.57. The first-order chi connectivity index (χ1) is 16.2. The summed E-state index contributed by atoms with van der Waals surface area (Å²) in [6.45, 7) is 7.15. The maximum absolute atomic E-state index is 13.5. The Morgan fingerprint density at radius 1 is 0.912 bits per heavy atom. The summed E-state index contributed by atoms with van der Waals surface area (Å²) in [7, 11) is 0. The summed E-state index contributed by atoms with van der Waals surface area (Å²) in [5.74, 6) is -2.60. The average Bonchev–Trinajstić information content (AvgIpc) is 2.84. The van der Waals surface area contributed by atoms with Gasteiger partial charge in [-0.3, -0.25) is 14.4 Å². The van der Waals surface area contributed by atoms with Gasteiger partial charge in [0.15, 0.2) is 11.6 Å². The predicted octanol–water partition coefficient (Wildman–Crippen LogP) is 3.10. The highest BCUT2D eigenvalue weighted by atomic mass is 19.2. The van der Waals surface area contributed by atoms with Crippen LogP contribution in [0, 0.1) is 17.6 Å². The van der Waals surface area contributed by atoms with Crippen molar-refractivity contribution in [1.29, 1.82) is 0 Å². The van der Waals surface area contributed by atoms with E-state index in [-0.39, 0.29) is 49.5 Å². The summed E-state index contributed by atoms with van der Waals surface area (Å²) in [6.07, 6.45) is 0. The lowest BCUT2D eigenvalue weighted by molar-refractivity contribution is -0.135. The van der Waals surface area contributed by atoms with Crippen LogP contribution in [0.5, 0.6) is 5.75 Å². The van der Waals surface area contributed by atoms with Gasteiger partial charge in [0.25, 0.3) is 11.8 Å². The Morgan fingerprint density at radius 3 is 2.06 bits per heavy atom. The molecule has 9 heteroatoms. The van der Waals surface area contributed by atoms with Crippen LogP contribution < -0.4 is 10.1 Å². The Labute approximate surface area is 197 Å². The quantitative estimate of drug-likeness (QED) is 0.670. The lowest BCUT2D eigenvalue weighted by Gasteiger charge is -2.37. The third-order valence-electron chi connectivity index (χ3n) is 5.69. The lowest BCUT2D eigenvalue weighted by atomic mass is 10.0. The number of carbonyl (C=O) groups excluding carboxylic acids is 3. The minimum absolute atomic E-state index is 0.0568. The molecule has 3 amide bonds. The van der Waals surface area contributed by atoms with Gasteiger partial charge in [-0.2, -0.15) is 0 Å². The van der Waals surface area contributed by atoms with E-state index in [1.165, 1.54) is 11.0 Å². The molecule has 1 N–H and O–H groups in total. The van der Waals surface area contributed by atoms with Gasteiger partial charge in [-0.15, -0.1) is 0 Å². The molecule has 7 nitrogen and oxygen atoms in total. The van der Waals surface area contributed by atoms with Crippen LogP contribution in [0.15, 0.2) is 42.5 Å². The zero-order valence-corrected chi connectivity index (χ0v) is 19.5. The predicted molar refractivity (Wildman–Crippen MR) is 123 cm³/mol. The van der Waals surface area contributed by atoms with Gasteiger partial charge in [-0.1, -0.05) is 13.8 Å². The molecule has 1 atom stereocenters. The first kappa shape index (κ1) is 25.1. The smallest absolute Gasteiger partial charge is 0.254 e. The summed E-state index contributed by atoms with van der Waals surface area (Å²) >= 11 is 0. The van der Waals surface area contributed by atoms with Crippen LogP contribution >= 0.6 is 0 Å². The topological polar surface area (TPSA) is 79.0 Å². The molecule has 34 heavy (non-hydrogen) atoms. The minimum atomic E-state index is -1.08. The molecule has 2 aromatic carbocycles. The Kier molecular flexibility index (Phi) is 8.20. The zero-order chi connectivity index (χ0) is 24.8. The van der Waals surface area contributed by atoms with Crippen LogP contribution in [0.1, 0.15) is 41.5 Å². The zero-order valence-electron chi connectivity index (χ0n) is 19.5. The average molecular weight is 474 g/mol. The van der Waals surface area contributed by atoms with E-state index in [0.717, 1.165) is 12.1 Å². The van der Waals surface area contributed by atoms with E-state index in [4.69, 9.17) is 4.74 Å². The third kappa shape index (κ3) is 5.89. The minimum Gasteiger partial charge on any atom is -0.494 e. The van der Waals surface area contributed by atoms with E-state index in [1.54, 1.807) is 29.2 Å². The molecule has 0 spiro atoms. The standard InChI is InChI=1S/C25H29F2N3O4/c1-4-34-19-8-5-17(6-9-19)23(31)28-22(16(2)3)25(33)30-13-11-29(12-14-30)24(32)18-7-10-20(26)21(27)15-18/h5-10,15-16,22H,4,11-14H2,1-3H3,(H,28,31). The fraction of sp³-hybridized carbons (Fsp3) is 0.400. The molecule has 1 fully saturated rings. The molecule has 0 aromatic heterocycles. The van der Waals surface area contributed by atoms with E-state index in [2.05, 4.69) is 5.32 Å². The molecule has 0 radical (unpaired) electrons. The number of halogens is 2. The van der Waals surface area contributed by atoms with Crippen molar-refractivity contribution in [2.45, 2.75) is 26.8 Å². The molecular formula is C25H29F2N3O4. The molecule has 182 valence electrons. The molecular weight excluding hydrogens is 444 g/mol. The summed E-state index contributed by atoms with van der Waals surface area (Å²) in [6, 6.07) is 9.00. The largest absolute Gasteiger partial charge is 0.494 e. The van der Waals surface area contributed by atoms with E-state index in [1.807, 2.05) is 20.8 Å². The van der Waals surface area contributed by atoms with E-state index in [0.29, 0.717) is 17.9 Å². The molecule has 3 rings (SSSR count). The van der Waals surface area contributed by atoms with Crippen LogP contribution in [-0.2, 0) is 4.79 Å². The second-order valence-electron chi connectivity index (χ2n) is 8.40. The maximum Gasteiger partial charge on any atom is 0.254 e. The van der Waals surface area contributed by atoms with Crippen molar-refractivity contribution in [2.75, 3.05) is 32.8 Å². The second-order valence-corrected chi connectivity index (χ2v) is 8.40. The Balaban J connectivity index is 1.60. The van der Waals surface area contributed by atoms with Crippen molar-refractivity contribution < 1.29 is 27.9 Å². The summed E-state index contributed by atoms with van der Waals surface area (Å²) in [5, 5.41) is 2.82. The Morgan fingerprint density at radius 2 is 1.50 bits per heavy atom. The van der Waals surface area contributed by atoms with E-state index in [9.17, 15) is 23.2 Å². The highest BCUT2D eigenvalue weighted by Crippen LogP contribution is 2.16. The highest BCUT2D eigenvalue weighted by Gasteiger charge is 2.32. The van der Waals surface area contributed by atoms with Gasteiger partial charge < -0.3 is 19.9 Å². The summed E-state index contributed by atoms with van der Waals surface area (Å²) in [4.78, 5) is 41.6. The van der Waals surface area contributed by atoms with Crippen LogP contribution in [0.2, 0.25) is 0 Å². The number of rotatable bonds is 7. The van der Waals surface area contributed by atoms with Gasteiger partial charge in [-0.25, -0.2) is 8.78 Å². The number of hydrogen-bond donors (Lipinski definition) is 1. The molecule has 1 heterocycles. The molecule has 0 bridgehead atoms. The summed E-state index contributed by atoms with van der Waals surface area (Å²) in [5.41, 5.74) is 0.477. The van der Waals surface area contributed by atoms with Crippen LogP contribution in [0.25, 0.3) is 0 Å². The van der Waals surface area contributed by atoms with Crippen LogP contribution in [0.4, 0.5) is 8.78 Å². The molecule has 2 aromatic rings. The molecule has 1 saturated heterocycles. The second kappa shape index (κ2) is 11.1. The number of benzene rings is 2. The van der Waals surface area contributed by atoms with Crippen molar-refractivity contribution >= 4 is 17.7 Å². The number of carbonyl (C=O) groups is 3. The number of piperazine rings is 1. The van der Waals surface area contributed by atoms with Crippen molar-refractivity contribution in [3.63, 3.8) is 0 Å². The Hall–Kier alpha value is -3.49. The highest BCUT2D eigenvalue weighted by molar-refractivity contribution is 5.98. The van der Waals surface area contributed by atoms with Crippen LogP contribution in [0.3, 0.4) is 0 Å². The SMILES string of the molecule is CCOc1ccc(C(=O)NC(C(=O)N2CCN(C(=O)c3ccc(F)c(F)c3)CC2)C(C)C)cc1. The Bertz CT molecular complexity index is 1030. The van der Waals surface area contributed by atoms with Gasteiger partial charge >= 0.3 is 0 Å². The van der Waals surface area contributed by atoms with E-state index >= 15 is 0 Å². The van der Waals surface area contributed by atoms with E-state index < -0.39 is 23.6 Å². The summed E-state index contributed by atoms with van der Waals surface area (Å²) < 4.78 is 32.0. The number of amides is 3. The fourth-order valence-electron chi connectivity index (χ4n) is 3.75. The molecule has 1 unspecified atom stereocenters. The van der Waals surface area contributed by atoms with Crippen molar-refractivity contribution in [2.24, 2.45) is 5.92 Å². The van der Waals surface area contributed by atoms with Crippen molar-refractivity contribution in [3.8, 4) is 5.75 Å². The molecule has 0 aliphatic carbocycles. The van der Waals surface area contributed by atoms with Crippen LogP contribution in [-0.4, -0.2) is 66.3 Å². The van der Waals surface area contributed by atoms with Crippen molar-refractivity contribution in [1.82, 2.24) is 15.1 Å². The number of hydrogen-bond acceptors (Lipinski definition) is 4. The molecule has 1 aliphatic heterocycles. The van der Waals surface area contributed by atoms with Gasteiger partial charge in [0.2, 0.25) is 5.91 Å². The number of ether oxygens (including phenoxy) is 1. The molecule has 1 aliphatic rings. The van der Waals surface area contributed by atoms with Crippen molar-refractivity contribution in [3.05, 3.63) is 65.2 Å². The first-order valence-corrected chi connectivity index (χ1v) is 11.3.